The minimum absolute atomic E-state index is 0.0209. The van der Waals surface area contributed by atoms with Crippen molar-refractivity contribution in [2.24, 2.45) is 23.2 Å². The molecule has 2 aliphatic carbocycles. The maximum atomic E-state index is 13.1. The van der Waals surface area contributed by atoms with Crippen molar-refractivity contribution in [3.05, 3.63) is 34.9 Å². The van der Waals surface area contributed by atoms with E-state index in [4.69, 9.17) is 14.2 Å². The lowest BCUT2D eigenvalue weighted by atomic mass is 9.59. The molecular formula is C28H36N2O4. The van der Waals surface area contributed by atoms with E-state index in [1.807, 2.05) is 12.1 Å². The molecule has 6 atom stereocenters. The van der Waals surface area contributed by atoms with Gasteiger partial charge in [0.05, 0.1) is 32.6 Å². The summed E-state index contributed by atoms with van der Waals surface area (Å²) in [6.45, 7) is 6.12. The maximum Gasteiger partial charge on any atom is 0.311 e. The Morgan fingerprint density at radius 3 is 2.76 bits per heavy atom. The Kier molecular flexibility index (Phi) is 6.10. The van der Waals surface area contributed by atoms with E-state index in [1.54, 1.807) is 14.2 Å². The number of carbonyl (C=O) groups is 1. The van der Waals surface area contributed by atoms with Crippen LogP contribution in [0.25, 0.3) is 0 Å². The van der Waals surface area contributed by atoms with Crippen LogP contribution in [0.4, 0.5) is 0 Å². The molecule has 0 bridgehead atoms. The predicted molar refractivity (Wildman–Crippen MR) is 128 cm³/mol. The van der Waals surface area contributed by atoms with Crippen molar-refractivity contribution in [2.75, 3.05) is 27.3 Å². The molecule has 2 aliphatic heterocycles. The van der Waals surface area contributed by atoms with Crippen molar-refractivity contribution >= 4 is 5.97 Å². The van der Waals surface area contributed by atoms with Crippen LogP contribution in [-0.4, -0.2) is 44.3 Å². The third-order valence-corrected chi connectivity index (χ3v) is 8.91. The van der Waals surface area contributed by atoms with Crippen molar-refractivity contribution in [1.82, 2.24) is 4.90 Å². The molecule has 0 amide bonds. The Morgan fingerprint density at radius 1 is 1.26 bits per heavy atom. The summed E-state index contributed by atoms with van der Waals surface area (Å²) >= 11 is 0. The van der Waals surface area contributed by atoms with Crippen LogP contribution in [0.1, 0.15) is 63.1 Å². The highest BCUT2D eigenvalue weighted by atomic mass is 16.6. The lowest BCUT2D eigenvalue weighted by Gasteiger charge is -2.46. The lowest BCUT2D eigenvalue weighted by Crippen LogP contribution is -2.43. The highest BCUT2D eigenvalue weighted by Gasteiger charge is 2.52. The van der Waals surface area contributed by atoms with Gasteiger partial charge in [0.1, 0.15) is 6.10 Å². The fraction of sp³-hybridized carbons (Fsp3) is 0.643. The van der Waals surface area contributed by atoms with Gasteiger partial charge in [-0.15, -0.1) is 0 Å². The third-order valence-electron chi connectivity index (χ3n) is 8.91. The molecule has 0 N–H and O–H groups in total. The molecular weight excluding hydrogens is 428 g/mol. The first-order valence-electron chi connectivity index (χ1n) is 12.7. The van der Waals surface area contributed by atoms with E-state index in [9.17, 15) is 10.1 Å². The minimum Gasteiger partial charge on any atom is -0.493 e. The molecule has 1 saturated heterocycles. The van der Waals surface area contributed by atoms with Gasteiger partial charge >= 0.3 is 5.97 Å². The van der Waals surface area contributed by atoms with Gasteiger partial charge in [0, 0.05) is 25.0 Å². The molecule has 1 saturated carbocycles. The van der Waals surface area contributed by atoms with E-state index in [0.717, 1.165) is 24.9 Å². The maximum absolute atomic E-state index is 13.1. The van der Waals surface area contributed by atoms with Crippen LogP contribution in [0, 0.1) is 34.5 Å². The Labute approximate surface area is 202 Å². The smallest absolute Gasteiger partial charge is 0.311 e. The van der Waals surface area contributed by atoms with Crippen molar-refractivity contribution in [1.29, 1.82) is 5.26 Å². The van der Waals surface area contributed by atoms with E-state index in [-0.39, 0.29) is 35.4 Å². The van der Waals surface area contributed by atoms with Gasteiger partial charge in [-0.2, -0.15) is 5.26 Å². The molecule has 2 fully saturated rings. The number of hydrogen-bond acceptors (Lipinski definition) is 6. The summed E-state index contributed by atoms with van der Waals surface area (Å²) in [6.07, 6.45) is 8.23. The second-order valence-electron chi connectivity index (χ2n) is 10.9. The Bertz CT molecular complexity index is 1040. The Balaban J connectivity index is 1.44. The molecule has 1 aromatic rings. The molecule has 6 nitrogen and oxygen atoms in total. The number of carbonyl (C=O) groups excluding carboxylic acids is 1. The monoisotopic (exact) mass is 464 g/mol. The first kappa shape index (κ1) is 23.2. The van der Waals surface area contributed by atoms with E-state index < -0.39 is 0 Å². The molecule has 0 spiro atoms. The fourth-order valence-corrected chi connectivity index (χ4v) is 7.14. The van der Waals surface area contributed by atoms with Crippen LogP contribution >= 0.6 is 0 Å². The number of methoxy groups -OCH3 is 2. The van der Waals surface area contributed by atoms with E-state index in [1.165, 1.54) is 30.4 Å². The van der Waals surface area contributed by atoms with Gasteiger partial charge in [-0.25, -0.2) is 0 Å². The number of allylic oxidation sites excluding steroid dienone is 1. The number of ether oxygens (including phenoxy) is 3. The van der Waals surface area contributed by atoms with E-state index in [2.05, 4.69) is 30.9 Å². The number of nitrogens with zero attached hydrogens (tertiary/aromatic N) is 2. The number of hydrogen-bond donors (Lipinski definition) is 0. The topological polar surface area (TPSA) is 71.8 Å². The van der Waals surface area contributed by atoms with E-state index in [0.29, 0.717) is 30.4 Å². The summed E-state index contributed by atoms with van der Waals surface area (Å²) in [6, 6.07) is 6.34. The molecule has 2 heterocycles. The Hall–Kier alpha value is -2.52. The van der Waals surface area contributed by atoms with Crippen LogP contribution in [0.3, 0.4) is 0 Å². The van der Waals surface area contributed by atoms with Crippen LogP contribution in [0.5, 0.6) is 11.5 Å². The molecule has 1 aromatic carbocycles. The first-order valence-corrected chi connectivity index (χ1v) is 12.7. The van der Waals surface area contributed by atoms with Crippen LogP contribution < -0.4 is 9.47 Å². The second kappa shape index (κ2) is 8.92. The summed E-state index contributed by atoms with van der Waals surface area (Å²) in [4.78, 5) is 15.4. The lowest BCUT2D eigenvalue weighted by molar-refractivity contribution is -0.145. The van der Waals surface area contributed by atoms with Crippen LogP contribution in [-0.2, 0) is 16.0 Å². The quantitative estimate of drug-likeness (QED) is 0.459. The van der Waals surface area contributed by atoms with Crippen LogP contribution in [0.2, 0.25) is 0 Å². The van der Waals surface area contributed by atoms with Crippen molar-refractivity contribution in [2.45, 2.75) is 64.5 Å². The largest absolute Gasteiger partial charge is 0.493 e. The number of benzene rings is 1. The Morgan fingerprint density at radius 2 is 2.03 bits per heavy atom. The molecule has 4 aliphatic rings. The van der Waals surface area contributed by atoms with Crippen molar-refractivity contribution in [3.8, 4) is 17.6 Å². The zero-order valence-electron chi connectivity index (χ0n) is 20.8. The molecule has 0 aromatic heterocycles. The van der Waals surface area contributed by atoms with Gasteiger partial charge in [0.2, 0.25) is 0 Å². The highest BCUT2D eigenvalue weighted by molar-refractivity contribution is 5.76. The molecule has 6 heteroatoms. The second-order valence-corrected chi connectivity index (χ2v) is 10.9. The van der Waals surface area contributed by atoms with Gasteiger partial charge < -0.3 is 14.2 Å². The summed E-state index contributed by atoms with van der Waals surface area (Å²) in [5, 5.41) is 9.64. The number of esters is 1. The third kappa shape index (κ3) is 3.79. The summed E-state index contributed by atoms with van der Waals surface area (Å²) in [5.74, 6) is 1.84. The molecule has 0 radical (unpaired) electrons. The average Bonchev–Trinajstić information content (AvgIpc) is 3.11. The van der Waals surface area contributed by atoms with E-state index >= 15 is 0 Å². The molecule has 182 valence electrons. The zero-order chi connectivity index (χ0) is 24.0. The van der Waals surface area contributed by atoms with Crippen molar-refractivity contribution in [3.63, 3.8) is 0 Å². The standard InChI is InChI=1S/C28H36N2O4/c1-17-6-5-9-28(2)15-26-20(13-22(17)28)21(27(31)34-26)16-30-11-8-18-12-24(32-3)25(33-4)14-19(18)23(30)7-10-29/h12-14,17,20-21,23,26H,5-9,11,15-16H2,1-4H3/t17-,20+,21+,23+,26+,28+/m0/s1. The highest BCUT2D eigenvalue weighted by Crippen LogP contribution is 2.54. The van der Waals surface area contributed by atoms with Crippen molar-refractivity contribution < 1.29 is 19.0 Å². The first-order chi connectivity index (χ1) is 16.4. The number of nitriles is 1. The number of rotatable bonds is 5. The van der Waals surface area contributed by atoms with Gasteiger partial charge in [0.25, 0.3) is 0 Å². The summed E-state index contributed by atoms with van der Waals surface area (Å²) in [5.41, 5.74) is 3.99. The molecule has 34 heavy (non-hydrogen) atoms. The van der Waals surface area contributed by atoms with Gasteiger partial charge in [0.15, 0.2) is 11.5 Å². The SMILES string of the molecule is COc1cc2c(cc1OC)[C@@H](CC#N)N(C[C@H]1C(=O)O[C@@H]3C[C@@]4(C)CCC[C@H](C)C4=C[C@@H]31)CC2. The molecule has 0 unspecified atom stereocenters. The normalized spacial score (nSPS) is 34.7. The summed E-state index contributed by atoms with van der Waals surface area (Å²) < 4.78 is 17.0. The van der Waals surface area contributed by atoms with Gasteiger partial charge in [-0.3, -0.25) is 9.69 Å². The average molecular weight is 465 g/mol. The van der Waals surface area contributed by atoms with Gasteiger partial charge in [-0.1, -0.05) is 31.9 Å². The minimum atomic E-state index is -0.181. The fourth-order valence-electron chi connectivity index (χ4n) is 7.14. The molecule has 5 rings (SSSR count). The zero-order valence-corrected chi connectivity index (χ0v) is 20.8. The van der Waals surface area contributed by atoms with Gasteiger partial charge in [-0.05, 0) is 60.3 Å². The number of fused-ring (bicyclic) bond motifs is 3. The summed E-state index contributed by atoms with van der Waals surface area (Å²) in [7, 11) is 3.28. The predicted octanol–water partition coefficient (Wildman–Crippen LogP) is 4.83. The van der Waals surface area contributed by atoms with Crippen LogP contribution in [0.15, 0.2) is 23.8 Å².